The fourth-order valence-electron chi connectivity index (χ4n) is 4.02. The summed E-state index contributed by atoms with van der Waals surface area (Å²) in [6.45, 7) is 4.63. The van der Waals surface area contributed by atoms with Gasteiger partial charge in [0.25, 0.3) is 5.91 Å². The third kappa shape index (κ3) is 6.18. The number of aliphatic hydroxyl groups is 1. The number of nitrogens with zero attached hydrogens (tertiary/aromatic N) is 1. The van der Waals surface area contributed by atoms with E-state index in [1.807, 2.05) is 42.5 Å². The largest absolute Gasteiger partial charge is 0.395 e. The number of benzene rings is 2. The highest BCUT2D eigenvalue weighted by Crippen LogP contribution is 2.54. The molecule has 3 aliphatic rings. The highest BCUT2D eigenvalue weighted by molar-refractivity contribution is 8.00. The maximum absolute atomic E-state index is 13.0. The van der Waals surface area contributed by atoms with Crippen LogP contribution in [0.25, 0.3) is 0 Å². The molecule has 1 amide bonds. The summed E-state index contributed by atoms with van der Waals surface area (Å²) in [6.07, 6.45) is 6.54. The third-order valence-corrected chi connectivity index (χ3v) is 7.25. The fraction of sp³-hybridized carbons (Fsp3) is 0.480. The van der Waals surface area contributed by atoms with Crippen LogP contribution < -0.4 is 20.3 Å². The van der Waals surface area contributed by atoms with Crippen molar-refractivity contribution in [1.82, 2.24) is 5.32 Å². The first-order chi connectivity index (χ1) is 15.7. The second kappa shape index (κ2) is 11.1. The molecule has 3 fully saturated rings. The number of hydrogen-bond donors (Lipinski definition) is 4. The van der Waals surface area contributed by atoms with Gasteiger partial charge < -0.3 is 25.4 Å². The maximum Gasteiger partial charge on any atom is 0.257 e. The van der Waals surface area contributed by atoms with Crippen molar-refractivity contribution in [3.05, 3.63) is 54.1 Å². The summed E-state index contributed by atoms with van der Waals surface area (Å²) in [5, 5.41) is 15.1. The van der Waals surface area contributed by atoms with E-state index >= 15 is 0 Å². The van der Waals surface area contributed by atoms with Crippen LogP contribution in [0.3, 0.4) is 0 Å². The Morgan fingerprint density at radius 3 is 2.31 bits per heavy atom. The molecule has 0 atom stereocenters. The van der Waals surface area contributed by atoms with E-state index in [1.165, 1.54) is 57.1 Å². The number of nitrogens with one attached hydrogen (secondary N) is 3. The minimum absolute atomic E-state index is 0.0810. The molecule has 0 radical (unpaired) electrons. The van der Waals surface area contributed by atoms with Crippen molar-refractivity contribution in [2.75, 3.05) is 53.5 Å². The fourth-order valence-corrected chi connectivity index (χ4v) is 4.51. The molecular formula is C25H34N4O2S. The molecule has 1 aliphatic carbocycles. The van der Waals surface area contributed by atoms with Crippen molar-refractivity contribution < 1.29 is 9.90 Å². The molecule has 2 heterocycles. The SMILES string of the molecule is C1CNC1.O=C(Nc1ccccc1)c1ccc(NSCCO)cc1N1CCC2(CC1)CC2. The lowest BCUT2D eigenvalue weighted by molar-refractivity contribution is 0.102. The van der Waals surface area contributed by atoms with E-state index in [2.05, 4.69) is 26.3 Å². The molecular weight excluding hydrogens is 420 g/mol. The van der Waals surface area contributed by atoms with Crippen molar-refractivity contribution >= 4 is 34.9 Å². The van der Waals surface area contributed by atoms with Gasteiger partial charge in [-0.1, -0.05) is 30.1 Å². The van der Waals surface area contributed by atoms with Crippen molar-refractivity contribution in [2.24, 2.45) is 5.41 Å². The van der Waals surface area contributed by atoms with Gasteiger partial charge in [0.2, 0.25) is 0 Å². The first-order valence-corrected chi connectivity index (χ1v) is 12.6. The van der Waals surface area contributed by atoms with Crippen LogP contribution in [-0.2, 0) is 0 Å². The molecule has 0 aromatic heterocycles. The molecule has 4 N–H and O–H groups in total. The van der Waals surface area contributed by atoms with E-state index in [1.54, 1.807) is 0 Å². The summed E-state index contributed by atoms with van der Waals surface area (Å²) in [7, 11) is 0. The first-order valence-electron chi connectivity index (χ1n) is 11.6. The number of carbonyl (C=O) groups excluding carboxylic acids is 1. The van der Waals surface area contributed by atoms with E-state index in [0.29, 0.717) is 16.7 Å². The lowest BCUT2D eigenvalue weighted by Crippen LogP contribution is -2.35. The van der Waals surface area contributed by atoms with Crippen molar-refractivity contribution in [3.8, 4) is 0 Å². The molecule has 0 unspecified atom stereocenters. The third-order valence-electron chi connectivity index (χ3n) is 6.49. The van der Waals surface area contributed by atoms with Gasteiger partial charge in [-0.25, -0.2) is 0 Å². The molecule has 0 bridgehead atoms. The summed E-state index contributed by atoms with van der Waals surface area (Å²) < 4.78 is 3.27. The monoisotopic (exact) mass is 454 g/mol. The number of piperidine rings is 1. The molecule has 1 spiro atoms. The lowest BCUT2D eigenvalue weighted by atomic mass is 9.93. The minimum atomic E-state index is -0.0810. The van der Waals surface area contributed by atoms with Crippen LogP contribution in [0.15, 0.2) is 48.5 Å². The zero-order chi connectivity index (χ0) is 22.2. The van der Waals surface area contributed by atoms with Gasteiger partial charge in [0.1, 0.15) is 0 Å². The average Bonchev–Trinajstić information content (AvgIpc) is 3.53. The van der Waals surface area contributed by atoms with Gasteiger partial charge in [-0.15, -0.1) is 0 Å². The zero-order valence-corrected chi connectivity index (χ0v) is 19.4. The minimum Gasteiger partial charge on any atom is -0.395 e. The van der Waals surface area contributed by atoms with Gasteiger partial charge in [-0.3, -0.25) is 4.79 Å². The van der Waals surface area contributed by atoms with E-state index in [9.17, 15) is 4.79 Å². The van der Waals surface area contributed by atoms with Crippen LogP contribution in [0.5, 0.6) is 0 Å². The second-order valence-electron chi connectivity index (χ2n) is 8.82. The Morgan fingerprint density at radius 1 is 1.03 bits per heavy atom. The number of rotatable bonds is 7. The number of anilines is 3. The molecule has 172 valence electrons. The highest BCUT2D eigenvalue weighted by Gasteiger charge is 2.44. The Kier molecular flexibility index (Phi) is 7.95. The predicted octanol–water partition coefficient (Wildman–Crippen LogP) is 4.35. The molecule has 7 heteroatoms. The first kappa shape index (κ1) is 23.0. The normalized spacial score (nSPS) is 18.2. The highest BCUT2D eigenvalue weighted by atomic mass is 32.2. The Labute approximate surface area is 195 Å². The topological polar surface area (TPSA) is 76.6 Å². The number of carbonyl (C=O) groups is 1. The van der Waals surface area contributed by atoms with Crippen LogP contribution >= 0.6 is 11.9 Å². The molecule has 2 aliphatic heterocycles. The number of amides is 1. The molecule has 6 nitrogen and oxygen atoms in total. The summed E-state index contributed by atoms with van der Waals surface area (Å²) in [4.78, 5) is 15.3. The summed E-state index contributed by atoms with van der Waals surface area (Å²) >= 11 is 1.47. The summed E-state index contributed by atoms with van der Waals surface area (Å²) in [5.74, 6) is 0.542. The molecule has 1 saturated carbocycles. The van der Waals surface area contributed by atoms with Crippen molar-refractivity contribution in [2.45, 2.75) is 32.1 Å². The zero-order valence-electron chi connectivity index (χ0n) is 18.6. The molecule has 2 aromatic rings. The van der Waals surface area contributed by atoms with Crippen molar-refractivity contribution in [3.63, 3.8) is 0 Å². The van der Waals surface area contributed by atoms with E-state index in [-0.39, 0.29) is 12.5 Å². The van der Waals surface area contributed by atoms with Gasteiger partial charge in [0, 0.05) is 30.2 Å². The van der Waals surface area contributed by atoms with Gasteiger partial charge in [0.15, 0.2) is 0 Å². The van der Waals surface area contributed by atoms with E-state index in [4.69, 9.17) is 5.11 Å². The number of aliphatic hydroxyl groups excluding tert-OH is 1. The number of para-hydroxylation sites is 1. The standard InChI is InChI=1S/C22H27N3O2S.C3H7N/c26-14-15-28-24-18-6-7-19(21(27)23-17-4-2-1-3-5-17)20(16-18)25-12-10-22(8-9-22)11-13-25;1-2-4-3-1/h1-7,16,24,26H,8-15H2,(H,23,27);4H,1-3H2. The van der Waals surface area contributed by atoms with Crippen LogP contribution in [0.4, 0.5) is 17.1 Å². The maximum atomic E-state index is 13.0. The van der Waals surface area contributed by atoms with Gasteiger partial charge in [0.05, 0.1) is 17.9 Å². The van der Waals surface area contributed by atoms with Gasteiger partial charge in [-0.2, -0.15) is 0 Å². The Morgan fingerprint density at radius 2 is 1.72 bits per heavy atom. The van der Waals surface area contributed by atoms with Crippen LogP contribution in [-0.4, -0.2) is 49.6 Å². The number of hydrogen-bond acceptors (Lipinski definition) is 6. The molecule has 32 heavy (non-hydrogen) atoms. The Balaban J connectivity index is 0.000000552. The smallest absolute Gasteiger partial charge is 0.257 e. The second-order valence-corrected chi connectivity index (χ2v) is 9.72. The lowest BCUT2D eigenvalue weighted by Gasteiger charge is -2.35. The van der Waals surface area contributed by atoms with Gasteiger partial charge in [-0.05, 0) is 80.9 Å². The summed E-state index contributed by atoms with van der Waals surface area (Å²) in [5.41, 5.74) is 4.04. The van der Waals surface area contributed by atoms with Crippen LogP contribution in [0.2, 0.25) is 0 Å². The van der Waals surface area contributed by atoms with Crippen LogP contribution in [0.1, 0.15) is 42.5 Å². The van der Waals surface area contributed by atoms with E-state index < -0.39 is 0 Å². The van der Waals surface area contributed by atoms with E-state index in [0.717, 1.165) is 30.2 Å². The molecule has 2 aromatic carbocycles. The Bertz CT molecular complexity index is 871. The average molecular weight is 455 g/mol. The summed E-state index contributed by atoms with van der Waals surface area (Å²) in [6, 6.07) is 15.5. The predicted molar refractivity (Wildman–Crippen MR) is 135 cm³/mol. The van der Waals surface area contributed by atoms with Crippen LogP contribution in [0, 0.1) is 5.41 Å². The quantitative estimate of drug-likeness (QED) is 0.368. The Hall–Kier alpha value is -2.22. The molecule has 2 saturated heterocycles. The van der Waals surface area contributed by atoms with Gasteiger partial charge >= 0.3 is 0 Å². The molecule has 5 rings (SSSR count). The van der Waals surface area contributed by atoms with Crippen molar-refractivity contribution in [1.29, 1.82) is 0 Å².